The van der Waals surface area contributed by atoms with Crippen molar-refractivity contribution in [3.8, 4) is 0 Å². The third kappa shape index (κ3) is 5.19. The van der Waals surface area contributed by atoms with Crippen LogP contribution in [0.5, 0.6) is 0 Å². The normalized spacial score (nSPS) is 19.5. The van der Waals surface area contributed by atoms with Crippen LogP contribution in [0.25, 0.3) is 0 Å². The van der Waals surface area contributed by atoms with Crippen molar-refractivity contribution in [2.45, 2.75) is 31.9 Å². The van der Waals surface area contributed by atoms with Crippen LogP contribution in [0, 0.1) is 5.92 Å². The fourth-order valence-corrected chi connectivity index (χ4v) is 4.42. The summed E-state index contributed by atoms with van der Waals surface area (Å²) in [5, 5.41) is 3.44. The van der Waals surface area contributed by atoms with E-state index in [4.69, 9.17) is 11.6 Å². The van der Waals surface area contributed by atoms with Gasteiger partial charge in [0.25, 0.3) is 0 Å². The highest BCUT2D eigenvalue weighted by Gasteiger charge is 2.32. The molecule has 1 aliphatic rings. The van der Waals surface area contributed by atoms with Crippen molar-refractivity contribution in [3.63, 3.8) is 0 Å². The molecule has 0 aromatic heterocycles. The molecule has 23 heavy (non-hydrogen) atoms. The first-order chi connectivity index (χ1) is 10.9. The summed E-state index contributed by atoms with van der Waals surface area (Å²) in [6.07, 6.45) is 2.32. The highest BCUT2D eigenvalue weighted by atomic mass is 35.5. The molecule has 2 rings (SSSR count). The number of nitrogens with zero attached hydrogens (tertiary/aromatic N) is 1. The van der Waals surface area contributed by atoms with Gasteiger partial charge in [0.1, 0.15) is 0 Å². The van der Waals surface area contributed by atoms with E-state index in [2.05, 4.69) is 5.32 Å². The minimum atomic E-state index is -3.43. The fraction of sp³-hybridized carbons (Fsp3) is 0.562. The van der Waals surface area contributed by atoms with Gasteiger partial charge in [-0.05, 0) is 37.0 Å². The van der Waals surface area contributed by atoms with Gasteiger partial charge in [-0.25, -0.2) is 12.7 Å². The molecule has 128 valence electrons. The molecule has 1 amide bonds. The number of amides is 1. The fourth-order valence-electron chi connectivity index (χ4n) is 2.68. The lowest BCUT2D eigenvalue weighted by Crippen LogP contribution is -2.45. The minimum Gasteiger partial charge on any atom is -0.356 e. The monoisotopic (exact) mass is 358 g/mol. The molecule has 1 aromatic carbocycles. The van der Waals surface area contributed by atoms with Crippen molar-refractivity contribution in [2.75, 3.05) is 19.6 Å². The summed E-state index contributed by atoms with van der Waals surface area (Å²) in [6, 6.07) is 6.80. The number of carbonyl (C=O) groups excluding carboxylic acids is 1. The molecular weight excluding hydrogens is 336 g/mol. The summed E-state index contributed by atoms with van der Waals surface area (Å²) >= 11 is 5.82. The van der Waals surface area contributed by atoms with E-state index in [1.807, 2.05) is 6.92 Å². The van der Waals surface area contributed by atoms with E-state index < -0.39 is 10.0 Å². The molecule has 0 aliphatic carbocycles. The lowest BCUT2D eigenvalue weighted by atomic mass is 9.99. The Kier molecular flexibility index (Phi) is 6.44. The maximum absolute atomic E-state index is 12.6. The van der Waals surface area contributed by atoms with E-state index >= 15 is 0 Å². The first-order valence-corrected chi connectivity index (χ1v) is 9.91. The van der Waals surface area contributed by atoms with Gasteiger partial charge in [0.2, 0.25) is 15.9 Å². The average Bonchev–Trinajstić information content (AvgIpc) is 2.54. The van der Waals surface area contributed by atoms with Gasteiger partial charge in [-0.1, -0.05) is 30.7 Å². The third-order valence-corrected chi connectivity index (χ3v) is 6.03. The van der Waals surface area contributed by atoms with Crippen molar-refractivity contribution in [2.24, 2.45) is 5.92 Å². The van der Waals surface area contributed by atoms with Gasteiger partial charge in [-0.3, -0.25) is 4.79 Å². The van der Waals surface area contributed by atoms with E-state index in [9.17, 15) is 13.2 Å². The average molecular weight is 359 g/mol. The minimum absolute atomic E-state index is 0.0433. The number of nitrogens with one attached hydrogen (secondary N) is 1. The molecule has 1 fully saturated rings. The van der Waals surface area contributed by atoms with Gasteiger partial charge in [0.05, 0.1) is 11.7 Å². The highest BCUT2D eigenvalue weighted by molar-refractivity contribution is 7.88. The number of halogens is 1. The van der Waals surface area contributed by atoms with Crippen LogP contribution in [0.4, 0.5) is 0 Å². The third-order valence-electron chi connectivity index (χ3n) is 3.96. The zero-order chi connectivity index (χ0) is 16.9. The predicted octanol–water partition coefficient (Wildman–Crippen LogP) is 2.41. The van der Waals surface area contributed by atoms with E-state index in [-0.39, 0.29) is 24.1 Å². The molecule has 7 heteroatoms. The Morgan fingerprint density at radius 3 is 2.70 bits per heavy atom. The molecule has 0 radical (unpaired) electrons. The molecule has 1 saturated heterocycles. The summed E-state index contributed by atoms with van der Waals surface area (Å²) in [6.45, 7) is 3.37. The molecule has 1 atom stereocenters. The summed E-state index contributed by atoms with van der Waals surface area (Å²) in [7, 11) is -3.43. The molecule has 1 heterocycles. The predicted molar refractivity (Wildman–Crippen MR) is 91.7 cm³/mol. The number of sulfonamides is 1. The maximum Gasteiger partial charge on any atom is 0.224 e. The molecule has 1 aliphatic heterocycles. The first kappa shape index (κ1) is 18.2. The second-order valence-corrected chi connectivity index (χ2v) is 8.28. The van der Waals surface area contributed by atoms with Gasteiger partial charge >= 0.3 is 0 Å². The zero-order valence-corrected chi connectivity index (χ0v) is 14.9. The van der Waals surface area contributed by atoms with Crippen LogP contribution >= 0.6 is 11.6 Å². The van der Waals surface area contributed by atoms with Crippen molar-refractivity contribution in [1.29, 1.82) is 0 Å². The van der Waals surface area contributed by atoms with Crippen LogP contribution in [0.2, 0.25) is 5.02 Å². The van der Waals surface area contributed by atoms with Crippen molar-refractivity contribution < 1.29 is 13.2 Å². The topological polar surface area (TPSA) is 66.5 Å². The molecule has 1 aromatic rings. The number of hydrogen-bond donors (Lipinski definition) is 1. The van der Waals surface area contributed by atoms with Gasteiger partial charge in [-0.15, -0.1) is 0 Å². The van der Waals surface area contributed by atoms with Gasteiger partial charge in [0.15, 0.2) is 0 Å². The van der Waals surface area contributed by atoms with E-state index in [1.165, 1.54) is 4.31 Å². The van der Waals surface area contributed by atoms with Crippen LogP contribution in [0.1, 0.15) is 31.7 Å². The van der Waals surface area contributed by atoms with Crippen LogP contribution in [0.15, 0.2) is 24.3 Å². The molecule has 0 bridgehead atoms. The molecule has 0 spiro atoms. The second-order valence-electron chi connectivity index (χ2n) is 5.87. The number of benzene rings is 1. The van der Waals surface area contributed by atoms with Gasteiger partial charge in [0, 0.05) is 24.7 Å². The molecular formula is C16H23ClN2O3S. The van der Waals surface area contributed by atoms with E-state index in [1.54, 1.807) is 24.3 Å². The Bertz CT molecular complexity index is 631. The smallest absolute Gasteiger partial charge is 0.224 e. The van der Waals surface area contributed by atoms with Crippen LogP contribution < -0.4 is 5.32 Å². The zero-order valence-electron chi connectivity index (χ0n) is 13.3. The molecule has 0 unspecified atom stereocenters. The van der Waals surface area contributed by atoms with Gasteiger partial charge < -0.3 is 5.32 Å². The summed E-state index contributed by atoms with van der Waals surface area (Å²) in [5.41, 5.74) is 0.701. The number of hydrogen-bond acceptors (Lipinski definition) is 3. The lowest BCUT2D eigenvalue weighted by Gasteiger charge is -2.31. The van der Waals surface area contributed by atoms with Gasteiger partial charge in [-0.2, -0.15) is 0 Å². The summed E-state index contributed by atoms with van der Waals surface area (Å²) < 4.78 is 26.6. The van der Waals surface area contributed by atoms with Crippen molar-refractivity contribution >= 4 is 27.5 Å². The molecule has 5 nitrogen and oxygen atoms in total. The standard InChI is InChI=1S/C16H23ClN2O3S/c1-2-9-18-16(20)14-4-3-10-19(11-14)23(21,22)12-13-5-7-15(17)8-6-13/h5-8,14H,2-4,9-12H2,1H3,(H,18,20)/t14-/m0/s1. The first-order valence-electron chi connectivity index (χ1n) is 7.92. The second kappa shape index (κ2) is 8.13. The van der Waals surface area contributed by atoms with Crippen LogP contribution in [-0.2, 0) is 20.6 Å². The largest absolute Gasteiger partial charge is 0.356 e. The van der Waals surface area contributed by atoms with E-state index in [0.717, 1.165) is 12.8 Å². The lowest BCUT2D eigenvalue weighted by molar-refractivity contribution is -0.126. The Balaban J connectivity index is 2.01. The molecule has 1 N–H and O–H groups in total. The summed E-state index contributed by atoms with van der Waals surface area (Å²) in [4.78, 5) is 12.1. The SMILES string of the molecule is CCCNC(=O)[C@H]1CCCN(S(=O)(=O)Cc2ccc(Cl)cc2)C1. The van der Waals surface area contributed by atoms with Crippen molar-refractivity contribution in [1.82, 2.24) is 9.62 Å². The molecule has 0 saturated carbocycles. The van der Waals surface area contributed by atoms with Crippen LogP contribution in [0.3, 0.4) is 0 Å². The summed E-state index contributed by atoms with van der Waals surface area (Å²) in [5.74, 6) is -0.360. The van der Waals surface area contributed by atoms with Crippen molar-refractivity contribution in [3.05, 3.63) is 34.9 Å². The van der Waals surface area contributed by atoms with E-state index in [0.29, 0.717) is 30.1 Å². The number of piperidine rings is 1. The quantitative estimate of drug-likeness (QED) is 0.849. The van der Waals surface area contributed by atoms with Crippen LogP contribution in [-0.4, -0.2) is 38.3 Å². The Labute approximate surface area is 143 Å². The Morgan fingerprint density at radius 1 is 1.35 bits per heavy atom. The Hall–Kier alpha value is -1.11. The Morgan fingerprint density at radius 2 is 2.04 bits per heavy atom. The highest BCUT2D eigenvalue weighted by Crippen LogP contribution is 2.22. The maximum atomic E-state index is 12.6. The number of carbonyl (C=O) groups is 1. The number of rotatable bonds is 6.